The Kier molecular flexibility index (Phi) is 7.26. The van der Waals surface area contributed by atoms with Gasteiger partial charge in [0.05, 0.1) is 0 Å². The Hall–Kier alpha value is -1.70. The van der Waals surface area contributed by atoms with Crippen LogP contribution in [0.3, 0.4) is 0 Å². The van der Waals surface area contributed by atoms with Gasteiger partial charge in [-0.3, -0.25) is 0 Å². The summed E-state index contributed by atoms with van der Waals surface area (Å²) >= 11 is -3.53. The molecule has 0 amide bonds. The summed E-state index contributed by atoms with van der Waals surface area (Å²) in [6.07, 6.45) is 2.65. The van der Waals surface area contributed by atoms with Gasteiger partial charge in [0.1, 0.15) is 0 Å². The summed E-state index contributed by atoms with van der Waals surface area (Å²) < 4.78 is 6.48. The van der Waals surface area contributed by atoms with Crippen LogP contribution in [0.4, 0.5) is 0 Å². The minimum absolute atomic E-state index is 0. The van der Waals surface area contributed by atoms with Gasteiger partial charge >= 0.3 is 207 Å². The molecule has 0 fully saturated rings. The fourth-order valence-corrected chi connectivity index (χ4v) is 23.4. The third-order valence-electron chi connectivity index (χ3n) is 8.38. The van der Waals surface area contributed by atoms with Crippen molar-refractivity contribution in [3.63, 3.8) is 0 Å². The van der Waals surface area contributed by atoms with Crippen LogP contribution in [0.1, 0.15) is 46.2 Å². The molecule has 36 heavy (non-hydrogen) atoms. The maximum absolute atomic E-state index is 3.53. The summed E-state index contributed by atoms with van der Waals surface area (Å²) in [5, 5.41) is 0. The van der Waals surface area contributed by atoms with Gasteiger partial charge in [0.25, 0.3) is 0 Å². The fourth-order valence-electron chi connectivity index (χ4n) is 6.83. The average molecular weight is 609 g/mol. The molecule has 0 aliphatic heterocycles. The third kappa shape index (κ3) is 4.06. The van der Waals surface area contributed by atoms with Crippen LogP contribution in [0.25, 0.3) is 16.7 Å². The summed E-state index contributed by atoms with van der Waals surface area (Å²) in [6, 6.07) is 34.4. The van der Waals surface area contributed by atoms with Crippen molar-refractivity contribution in [3.8, 4) is 11.1 Å². The van der Waals surface area contributed by atoms with E-state index >= 15 is 0 Å². The van der Waals surface area contributed by atoms with Crippen molar-refractivity contribution in [2.75, 3.05) is 0 Å². The topological polar surface area (TPSA) is 0 Å². The zero-order chi connectivity index (χ0) is 23.7. The van der Waals surface area contributed by atoms with Crippen LogP contribution in [-0.2, 0) is 17.4 Å². The van der Waals surface area contributed by atoms with Crippen LogP contribution in [-0.4, -0.2) is 6.88 Å². The molecular formula is C32H34Cl2SiZr. The standard InChI is InChI=1S/C15H13.C15H11.2CH3.2ClH.H2Si.Zr/c1-10-6-7-14-13(8-10)9-12-5-3-4-11(2)15(12)14;1-2-6-12(7-3-1)15-11-10-13-8-4-5-9-14(13)15;;;;;;/h3-9H,1-2H3;1-11H;2*1H3;2*1H;1H2;. The summed E-state index contributed by atoms with van der Waals surface area (Å²) in [6.45, 7) is 6.96. The van der Waals surface area contributed by atoms with Gasteiger partial charge in [0.15, 0.2) is 0 Å². The molecule has 2 aliphatic rings. The number of rotatable bonds is 3. The first-order valence-electron chi connectivity index (χ1n) is 12.4. The Morgan fingerprint density at radius 1 is 0.667 bits per heavy atom. The summed E-state index contributed by atoms with van der Waals surface area (Å²) in [4.78, 5) is 0. The maximum Gasteiger partial charge on any atom is -0.147 e. The monoisotopic (exact) mass is 606 g/mol. The SMILES string of the molecule is Cc1ccc2c(c1)[CH]([Zr]([CH3])([CH3])(=[SiH2])[CH]1C=C(c3ccccc3)c3ccccc31)c1cccc(C)c1-2.Cl.Cl. The minimum atomic E-state index is -3.53. The molecule has 4 aromatic carbocycles. The van der Waals surface area contributed by atoms with Crippen molar-refractivity contribution >= 4 is 37.3 Å². The molecule has 0 radical (unpaired) electrons. The Morgan fingerprint density at radius 3 is 2.08 bits per heavy atom. The zero-order valence-corrected chi connectivity index (χ0v) is 26.9. The Bertz CT molecular complexity index is 1560. The van der Waals surface area contributed by atoms with E-state index in [-0.39, 0.29) is 24.8 Å². The molecule has 4 heteroatoms. The molecule has 0 saturated carbocycles. The van der Waals surface area contributed by atoms with E-state index in [1.54, 1.807) is 16.7 Å². The molecule has 0 bridgehead atoms. The number of fused-ring (bicyclic) bond motifs is 4. The molecular weight excluding hydrogens is 575 g/mol. The molecule has 184 valence electrons. The second kappa shape index (κ2) is 9.55. The van der Waals surface area contributed by atoms with Crippen LogP contribution >= 0.6 is 24.8 Å². The number of benzene rings is 4. The predicted octanol–water partition coefficient (Wildman–Crippen LogP) is 8.74. The van der Waals surface area contributed by atoms with E-state index in [0.717, 1.165) is 0 Å². The van der Waals surface area contributed by atoms with E-state index in [1.165, 1.54) is 39.0 Å². The van der Waals surface area contributed by atoms with Crippen molar-refractivity contribution in [1.82, 2.24) is 0 Å². The van der Waals surface area contributed by atoms with Crippen molar-refractivity contribution in [2.24, 2.45) is 0 Å². The molecule has 0 spiro atoms. The van der Waals surface area contributed by atoms with Gasteiger partial charge in [-0.05, 0) is 0 Å². The van der Waals surface area contributed by atoms with Gasteiger partial charge in [0.2, 0.25) is 0 Å². The largest absolute Gasteiger partial charge is 0.147 e. The Labute approximate surface area is 230 Å². The number of aryl methyl sites for hydroxylation is 2. The first-order valence-corrected chi connectivity index (χ1v) is 26.1. The van der Waals surface area contributed by atoms with Gasteiger partial charge in [-0.1, -0.05) is 0 Å². The van der Waals surface area contributed by atoms with Gasteiger partial charge < -0.3 is 0 Å². The second-order valence-corrected chi connectivity index (χ2v) is 42.1. The van der Waals surface area contributed by atoms with E-state index in [2.05, 4.69) is 127 Å². The van der Waals surface area contributed by atoms with Gasteiger partial charge in [0, 0.05) is 0 Å². The van der Waals surface area contributed by atoms with E-state index in [0.29, 0.717) is 7.25 Å². The summed E-state index contributed by atoms with van der Waals surface area (Å²) in [5.74, 6) is 0. The Balaban J connectivity index is 0.00000152. The first-order chi connectivity index (χ1) is 16.2. The maximum atomic E-state index is 2.72. The smallest absolute Gasteiger partial charge is 0.147 e. The molecule has 0 N–H and O–H groups in total. The van der Waals surface area contributed by atoms with Crippen LogP contribution < -0.4 is 0 Å². The summed E-state index contributed by atoms with van der Waals surface area (Å²) in [5.41, 5.74) is 14.6. The van der Waals surface area contributed by atoms with Crippen LogP contribution in [0.5, 0.6) is 0 Å². The van der Waals surface area contributed by atoms with Crippen LogP contribution in [0.2, 0.25) is 9.26 Å². The first kappa shape index (κ1) is 27.3. The number of allylic oxidation sites excluding steroid dienone is 1. The fraction of sp³-hybridized carbons (Fsp3) is 0.188. The molecule has 0 heterocycles. The zero-order valence-electron chi connectivity index (χ0n) is 21.4. The normalized spacial score (nSPS) is 17.8. The predicted molar refractivity (Wildman–Crippen MR) is 161 cm³/mol. The van der Waals surface area contributed by atoms with Crippen LogP contribution in [0.15, 0.2) is 97.1 Å². The summed E-state index contributed by atoms with van der Waals surface area (Å²) in [7, 11) is 0. The molecule has 0 nitrogen and oxygen atoms in total. The van der Waals surface area contributed by atoms with Crippen molar-refractivity contribution in [3.05, 3.63) is 136 Å². The molecule has 6 rings (SSSR count). The molecule has 4 aromatic rings. The van der Waals surface area contributed by atoms with Gasteiger partial charge in [-0.15, -0.1) is 24.8 Å². The number of hydrogen-bond acceptors (Lipinski definition) is 0. The van der Waals surface area contributed by atoms with Crippen molar-refractivity contribution in [1.29, 1.82) is 0 Å². The second-order valence-electron chi connectivity index (χ2n) is 11.5. The third-order valence-corrected chi connectivity index (χ3v) is 25.8. The molecule has 2 unspecified atom stereocenters. The van der Waals surface area contributed by atoms with Gasteiger partial charge in [-0.25, -0.2) is 0 Å². The van der Waals surface area contributed by atoms with E-state index in [9.17, 15) is 0 Å². The van der Waals surface area contributed by atoms with E-state index in [4.69, 9.17) is 0 Å². The molecule has 2 aliphatic carbocycles. The van der Waals surface area contributed by atoms with Gasteiger partial charge in [-0.2, -0.15) is 0 Å². The quantitative estimate of drug-likeness (QED) is 0.204. The van der Waals surface area contributed by atoms with E-state index in [1.807, 2.05) is 0 Å². The van der Waals surface area contributed by atoms with Crippen molar-refractivity contribution < 1.29 is 17.4 Å². The molecule has 0 saturated heterocycles. The Morgan fingerprint density at radius 2 is 1.33 bits per heavy atom. The van der Waals surface area contributed by atoms with Crippen LogP contribution in [0, 0.1) is 13.8 Å². The molecule has 0 aromatic heterocycles. The van der Waals surface area contributed by atoms with E-state index < -0.39 is 17.4 Å². The molecule has 2 atom stereocenters. The van der Waals surface area contributed by atoms with Crippen molar-refractivity contribution in [2.45, 2.75) is 30.4 Å². The minimum Gasteiger partial charge on any atom is -0.147 e. The number of halogens is 2. The number of hydrogen-bond donors (Lipinski definition) is 0. The average Bonchev–Trinajstić information content (AvgIpc) is 3.37.